The number of halogens is 1. The molecule has 1 aromatic rings. The first-order valence-electron chi connectivity index (χ1n) is 6.04. The quantitative estimate of drug-likeness (QED) is 0.831. The van der Waals surface area contributed by atoms with Gasteiger partial charge in [-0.05, 0) is 36.5 Å². The van der Waals surface area contributed by atoms with E-state index in [1.54, 1.807) is 0 Å². The largest absolute Gasteiger partial charge is 0.390 e. The molecule has 1 aromatic carbocycles. The van der Waals surface area contributed by atoms with Crippen LogP contribution in [-0.2, 0) is 6.42 Å². The van der Waals surface area contributed by atoms with E-state index in [2.05, 4.69) is 6.92 Å². The Hall–Kier alpha value is -0.530. The third-order valence-electron chi connectivity index (χ3n) is 3.49. The average molecular weight is 239 g/mol. The van der Waals surface area contributed by atoms with Crippen LogP contribution in [0.2, 0.25) is 5.02 Å². The van der Waals surface area contributed by atoms with Crippen molar-refractivity contribution in [1.82, 2.24) is 0 Å². The van der Waals surface area contributed by atoms with Crippen LogP contribution in [0.1, 0.15) is 38.2 Å². The molecule has 1 aliphatic rings. The molecule has 0 aromatic heterocycles. The monoisotopic (exact) mass is 238 g/mol. The molecule has 0 amide bonds. The van der Waals surface area contributed by atoms with Crippen LogP contribution < -0.4 is 0 Å². The predicted octanol–water partition coefficient (Wildman–Crippen LogP) is 3.82. The lowest BCUT2D eigenvalue weighted by atomic mass is 9.76. The minimum atomic E-state index is -0.512. The normalized spacial score (nSPS) is 30.3. The van der Waals surface area contributed by atoms with Crippen molar-refractivity contribution in [2.75, 3.05) is 0 Å². The van der Waals surface area contributed by atoms with E-state index in [0.29, 0.717) is 5.92 Å². The molecule has 88 valence electrons. The molecule has 0 saturated heterocycles. The van der Waals surface area contributed by atoms with E-state index in [-0.39, 0.29) is 0 Å². The summed E-state index contributed by atoms with van der Waals surface area (Å²) in [5, 5.41) is 11.3. The molecule has 0 heterocycles. The van der Waals surface area contributed by atoms with E-state index in [1.165, 1.54) is 6.42 Å². The van der Waals surface area contributed by atoms with Crippen molar-refractivity contribution < 1.29 is 5.11 Å². The van der Waals surface area contributed by atoms with Gasteiger partial charge in [-0.3, -0.25) is 0 Å². The zero-order valence-electron chi connectivity index (χ0n) is 9.75. The Balaban J connectivity index is 2.08. The Kier molecular flexibility index (Phi) is 3.56. The van der Waals surface area contributed by atoms with Crippen molar-refractivity contribution in [3.8, 4) is 0 Å². The van der Waals surface area contributed by atoms with Gasteiger partial charge in [-0.2, -0.15) is 0 Å². The van der Waals surface area contributed by atoms with Crippen LogP contribution in [0, 0.1) is 5.92 Å². The van der Waals surface area contributed by atoms with Gasteiger partial charge in [-0.25, -0.2) is 0 Å². The second-order valence-electron chi connectivity index (χ2n) is 5.23. The van der Waals surface area contributed by atoms with E-state index < -0.39 is 5.60 Å². The number of hydrogen-bond donors (Lipinski definition) is 1. The Morgan fingerprint density at radius 2 is 2.31 bits per heavy atom. The summed E-state index contributed by atoms with van der Waals surface area (Å²) >= 11 is 5.95. The zero-order chi connectivity index (χ0) is 11.6. The highest BCUT2D eigenvalue weighted by Crippen LogP contribution is 2.34. The topological polar surface area (TPSA) is 20.2 Å². The molecule has 2 rings (SSSR count). The number of aliphatic hydroxyl groups is 1. The van der Waals surface area contributed by atoms with Gasteiger partial charge in [0.2, 0.25) is 0 Å². The fourth-order valence-corrected chi connectivity index (χ4v) is 3.03. The Morgan fingerprint density at radius 1 is 1.50 bits per heavy atom. The standard InChI is InChI=1S/C14H19ClO/c1-11-4-3-7-14(16,9-11)10-12-5-2-6-13(15)8-12/h2,5-6,8,11,16H,3-4,7,9-10H2,1H3. The van der Waals surface area contributed by atoms with Crippen molar-refractivity contribution >= 4 is 11.6 Å². The molecule has 1 fully saturated rings. The lowest BCUT2D eigenvalue weighted by Gasteiger charge is -2.35. The molecular weight excluding hydrogens is 220 g/mol. The summed E-state index contributed by atoms with van der Waals surface area (Å²) in [5.74, 6) is 0.637. The molecule has 0 radical (unpaired) electrons. The molecule has 1 nitrogen and oxygen atoms in total. The van der Waals surface area contributed by atoms with Crippen molar-refractivity contribution in [3.05, 3.63) is 34.9 Å². The second kappa shape index (κ2) is 4.77. The Bertz CT molecular complexity index is 364. The average Bonchev–Trinajstić information content (AvgIpc) is 2.16. The molecule has 0 bridgehead atoms. The van der Waals surface area contributed by atoms with Crippen molar-refractivity contribution in [2.24, 2.45) is 5.92 Å². The fraction of sp³-hybridized carbons (Fsp3) is 0.571. The maximum Gasteiger partial charge on any atom is 0.0690 e. The molecule has 1 N–H and O–H groups in total. The Labute approximate surface area is 102 Å². The van der Waals surface area contributed by atoms with Gasteiger partial charge >= 0.3 is 0 Å². The van der Waals surface area contributed by atoms with Crippen LogP contribution in [0.25, 0.3) is 0 Å². The highest BCUT2D eigenvalue weighted by Gasteiger charge is 2.32. The smallest absolute Gasteiger partial charge is 0.0690 e. The molecule has 1 saturated carbocycles. The number of rotatable bonds is 2. The summed E-state index contributed by atoms with van der Waals surface area (Å²) < 4.78 is 0. The first-order chi connectivity index (χ1) is 7.57. The van der Waals surface area contributed by atoms with E-state index in [9.17, 15) is 5.11 Å². The van der Waals surface area contributed by atoms with Gasteiger partial charge in [-0.15, -0.1) is 0 Å². The third kappa shape index (κ3) is 2.99. The predicted molar refractivity (Wildman–Crippen MR) is 67.7 cm³/mol. The summed E-state index contributed by atoms with van der Waals surface area (Å²) in [5.41, 5.74) is 0.631. The first-order valence-corrected chi connectivity index (χ1v) is 6.42. The minimum Gasteiger partial charge on any atom is -0.390 e. The van der Waals surface area contributed by atoms with Crippen molar-refractivity contribution in [1.29, 1.82) is 0 Å². The van der Waals surface area contributed by atoms with E-state index >= 15 is 0 Å². The van der Waals surface area contributed by atoms with E-state index in [0.717, 1.165) is 36.3 Å². The maximum absolute atomic E-state index is 10.5. The van der Waals surface area contributed by atoms with Crippen LogP contribution in [0.4, 0.5) is 0 Å². The summed E-state index contributed by atoms with van der Waals surface area (Å²) in [4.78, 5) is 0. The third-order valence-corrected chi connectivity index (χ3v) is 3.72. The van der Waals surface area contributed by atoms with Crippen LogP contribution in [0.5, 0.6) is 0 Å². The highest BCUT2D eigenvalue weighted by atomic mass is 35.5. The van der Waals surface area contributed by atoms with Crippen LogP contribution in [-0.4, -0.2) is 10.7 Å². The van der Waals surface area contributed by atoms with Crippen LogP contribution >= 0.6 is 11.6 Å². The lowest BCUT2D eigenvalue weighted by Crippen LogP contribution is -2.36. The summed E-state index contributed by atoms with van der Waals surface area (Å²) in [7, 11) is 0. The first kappa shape index (κ1) is 11.9. The molecule has 0 aliphatic heterocycles. The molecule has 2 unspecified atom stereocenters. The lowest BCUT2D eigenvalue weighted by molar-refractivity contribution is -0.0123. The van der Waals surface area contributed by atoms with Crippen LogP contribution in [0.3, 0.4) is 0 Å². The van der Waals surface area contributed by atoms with Gasteiger partial charge in [0.25, 0.3) is 0 Å². The second-order valence-corrected chi connectivity index (χ2v) is 5.67. The molecule has 1 aliphatic carbocycles. The van der Waals surface area contributed by atoms with Gasteiger partial charge < -0.3 is 5.11 Å². The highest BCUT2D eigenvalue weighted by molar-refractivity contribution is 6.30. The van der Waals surface area contributed by atoms with E-state index in [4.69, 9.17) is 11.6 Å². The molecule has 0 spiro atoms. The summed E-state index contributed by atoms with van der Waals surface area (Å²) in [6.07, 6.45) is 4.96. The molecule has 16 heavy (non-hydrogen) atoms. The van der Waals surface area contributed by atoms with Gasteiger partial charge in [0.15, 0.2) is 0 Å². The van der Waals surface area contributed by atoms with Crippen molar-refractivity contribution in [3.63, 3.8) is 0 Å². The number of hydrogen-bond acceptors (Lipinski definition) is 1. The van der Waals surface area contributed by atoms with Gasteiger partial charge in [0.1, 0.15) is 0 Å². The summed E-state index contributed by atoms with van der Waals surface area (Å²) in [6.45, 7) is 2.22. The van der Waals surface area contributed by atoms with Gasteiger partial charge in [0, 0.05) is 11.4 Å². The molecule has 2 heteroatoms. The SMILES string of the molecule is CC1CCCC(O)(Cc2cccc(Cl)c2)C1. The maximum atomic E-state index is 10.5. The Morgan fingerprint density at radius 3 is 3.00 bits per heavy atom. The van der Waals surface area contributed by atoms with E-state index in [1.807, 2.05) is 24.3 Å². The molecule has 2 atom stereocenters. The van der Waals surface area contributed by atoms with Crippen LogP contribution in [0.15, 0.2) is 24.3 Å². The number of benzene rings is 1. The van der Waals surface area contributed by atoms with Gasteiger partial charge in [0.05, 0.1) is 5.60 Å². The van der Waals surface area contributed by atoms with Gasteiger partial charge in [-0.1, -0.05) is 43.5 Å². The zero-order valence-corrected chi connectivity index (χ0v) is 10.5. The molecular formula is C14H19ClO. The van der Waals surface area contributed by atoms with Crippen molar-refractivity contribution in [2.45, 2.75) is 44.6 Å². The fourth-order valence-electron chi connectivity index (χ4n) is 2.82. The minimum absolute atomic E-state index is 0.512. The summed E-state index contributed by atoms with van der Waals surface area (Å²) in [6, 6.07) is 7.83.